The van der Waals surface area contributed by atoms with E-state index in [1.807, 2.05) is 6.07 Å². The summed E-state index contributed by atoms with van der Waals surface area (Å²) in [6, 6.07) is 5.23. The maximum atomic E-state index is 13.5. The van der Waals surface area contributed by atoms with Crippen molar-refractivity contribution in [2.24, 2.45) is 11.8 Å². The van der Waals surface area contributed by atoms with Gasteiger partial charge in [-0.05, 0) is 36.6 Å². The molecule has 3 heteroatoms. The molecule has 1 nitrogen and oxygen atoms in total. The first-order valence-electron chi connectivity index (χ1n) is 6.12. The maximum Gasteiger partial charge on any atom is 0.142 e. The van der Waals surface area contributed by atoms with E-state index in [-0.39, 0.29) is 10.8 Å². The van der Waals surface area contributed by atoms with Gasteiger partial charge in [-0.1, -0.05) is 31.5 Å². The van der Waals surface area contributed by atoms with Gasteiger partial charge in [-0.25, -0.2) is 4.39 Å². The molecule has 2 atom stereocenters. The third kappa shape index (κ3) is 2.63. The Morgan fingerprint density at radius 1 is 1.35 bits per heavy atom. The summed E-state index contributed by atoms with van der Waals surface area (Å²) in [5, 5.41) is 0.209. The van der Waals surface area contributed by atoms with E-state index in [4.69, 9.17) is 11.6 Å². The average molecular weight is 256 g/mol. The van der Waals surface area contributed by atoms with Gasteiger partial charge in [-0.15, -0.1) is 0 Å². The first-order chi connectivity index (χ1) is 7.99. The van der Waals surface area contributed by atoms with Gasteiger partial charge in [0.25, 0.3) is 0 Å². The van der Waals surface area contributed by atoms with Gasteiger partial charge in [0.2, 0.25) is 0 Å². The van der Waals surface area contributed by atoms with Crippen LogP contribution in [0.5, 0.6) is 0 Å². The van der Waals surface area contributed by atoms with Gasteiger partial charge < -0.3 is 4.90 Å². The summed E-state index contributed by atoms with van der Waals surface area (Å²) in [7, 11) is 2.13. The Morgan fingerprint density at radius 2 is 2.06 bits per heavy atom. The summed E-state index contributed by atoms with van der Waals surface area (Å²) in [6.07, 6.45) is 0. The van der Waals surface area contributed by atoms with Crippen LogP contribution in [0.4, 0.5) is 4.39 Å². The number of halogens is 2. The van der Waals surface area contributed by atoms with Crippen molar-refractivity contribution in [2.45, 2.75) is 19.8 Å². The fourth-order valence-electron chi connectivity index (χ4n) is 2.80. The molecule has 2 rings (SSSR count). The van der Waals surface area contributed by atoms with Gasteiger partial charge in [0, 0.05) is 19.0 Å². The van der Waals surface area contributed by atoms with Crippen LogP contribution >= 0.6 is 11.6 Å². The molecule has 0 spiro atoms. The van der Waals surface area contributed by atoms with E-state index in [1.165, 1.54) is 0 Å². The minimum atomic E-state index is -0.304. The number of hydrogen-bond acceptors (Lipinski definition) is 1. The van der Waals surface area contributed by atoms with E-state index in [9.17, 15) is 4.39 Å². The van der Waals surface area contributed by atoms with Gasteiger partial charge in [0.15, 0.2) is 0 Å². The van der Waals surface area contributed by atoms with E-state index < -0.39 is 0 Å². The Hall–Kier alpha value is -0.600. The lowest BCUT2D eigenvalue weighted by molar-refractivity contribution is 0.344. The van der Waals surface area contributed by atoms with Crippen LogP contribution in [0, 0.1) is 17.7 Å². The second kappa shape index (κ2) is 4.95. The van der Waals surface area contributed by atoms with Gasteiger partial charge in [0.05, 0.1) is 5.02 Å². The molecular weight excluding hydrogens is 237 g/mol. The van der Waals surface area contributed by atoms with Crippen LogP contribution in [0.25, 0.3) is 0 Å². The molecule has 0 bridgehead atoms. The van der Waals surface area contributed by atoms with Crippen LogP contribution < -0.4 is 0 Å². The molecule has 1 heterocycles. The summed E-state index contributed by atoms with van der Waals surface area (Å²) >= 11 is 5.73. The van der Waals surface area contributed by atoms with Gasteiger partial charge >= 0.3 is 0 Å². The molecular formula is C14H19ClFN. The van der Waals surface area contributed by atoms with Crippen LogP contribution in [0.15, 0.2) is 18.2 Å². The van der Waals surface area contributed by atoms with Crippen LogP contribution in [-0.2, 0) is 0 Å². The quantitative estimate of drug-likeness (QED) is 0.777. The molecule has 0 N–H and O–H groups in total. The third-order valence-corrected chi connectivity index (χ3v) is 4.08. The highest BCUT2D eigenvalue weighted by Crippen LogP contribution is 2.37. The average Bonchev–Trinajstić information content (AvgIpc) is 2.64. The van der Waals surface area contributed by atoms with Gasteiger partial charge in [-0.2, -0.15) is 0 Å². The molecule has 1 fully saturated rings. The molecule has 17 heavy (non-hydrogen) atoms. The smallest absolute Gasteiger partial charge is 0.142 e. The van der Waals surface area contributed by atoms with Crippen molar-refractivity contribution < 1.29 is 4.39 Å². The molecule has 1 saturated heterocycles. The van der Waals surface area contributed by atoms with Crippen LogP contribution in [0.1, 0.15) is 25.3 Å². The van der Waals surface area contributed by atoms with Crippen molar-refractivity contribution in [2.75, 3.05) is 20.1 Å². The molecule has 1 aromatic carbocycles. The highest BCUT2D eigenvalue weighted by molar-refractivity contribution is 6.30. The summed E-state index contributed by atoms with van der Waals surface area (Å²) in [6.45, 7) is 6.57. The van der Waals surface area contributed by atoms with E-state index in [0.29, 0.717) is 17.8 Å². The summed E-state index contributed by atoms with van der Waals surface area (Å²) < 4.78 is 13.5. The lowest BCUT2D eigenvalue weighted by Gasteiger charge is -2.22. The van der Waals surface area contributed by atoms with Crippen molar-refractivity contribution >= 4 is 11.6 Å². The minimum absolute atomic E-state index is 0.209. The number of likely N-dealkylation sites (N-methyl/N-ethyl adjacent to an activating group) is 1. The molecule has 1 aliphatic rings. The van der Waals surface area contributed by atoms with Crippen molar-refractivity contribution in [1.29, 1.82) is 0 Å². The fourth-order valence-corrected chi connectivity index (χ4v) is 2.92. The fraction of sp³-hybridized carbons (Fsp3) is 0.571. The first-order valence-corrected chi connectivity index (χ1v) is 6.50. The standard InChI is InChI=1S/C14H19ClFN/c1-9(2)11-7-17(3)8-12(11)10-4-5-13(15)14(16)6-10/h4-6,9,11-12H,7-8H2,1-3H3/t11?,12-/m0/s1. The topological polar surface area (TPSA) is 3.24 Å². The lowest BCUT2D eigenvalue weighted by atomic mass is 9.82. The molecule has 1 aliphatic heterocycles. The Morgan fingerprint density at radius 3 is 2.65 bits per heavy atom. The summed E-state index contributed by atoms with van der Waals surface area (Å²) in [5.41, 5.74) is 1.08. The Labute approximate surface area is 108 Å². The molecule has 0 amide bonds. The molecule has 1 unspecified atom stereocenters. The summed E-state index contributed by atoms with van der Waals surface area (Å²) in [4.78, 5) is 2.32. The zero-order valence-electron chi connectivity index (χ0n) is 10.6. The zero-order valence-corrected chi connectivity index (χ0v) is 11.3. The normalized spacial score (nSPS) is 25.8. The number of nitrogens with zero attached hydrogens (tertiary/aromatic N) is 1. The Kier molecular flexibility index (Phi) is 3.74. The third-order valence-electron chi connectivity index (χ3n) is 3.78. The molecule has 0 aromatic heterocycles. The Balaban J connectivity index is 2.28. The monoisotopic (exact) mass is 255 g/mol. The van der Waals surface area contributed by atoms with E-state index >= 15 is 0 Å². The predicted octanol–water partition coefficient (Wildman–Crippen LogP) is 3.78. The van der Waals surface area contributed by atoms with Gasteiger partial charge in [-0.3, -0.25) is 0 Å². The first kappa shape index (κ1) is 12.8. The number of benzene rings is 1. The van der Waals surface area contributed by atoms with E-state index in [1.54, 1.807) is 12.1 Å². The van der Waals surface area contributed by atoms with Crippen LogP contribution in [0.2, 0.25) is 5.02 Å². The second-order valence-corrected chi connectivity index (χ2v) is 5.82. The molecule has 94 valence electrons. The maximum absolute atomic E-state index is 13.5. The lowest BCUT2D eigenvalue weighted by Crippen LogP contribution is -2.17. The number of likely N-dealkylation sites (tertiary alicyclic amines) is 1. The molecule has 0 radical (unpaired) electrons. The zero-order chi connectivity index (χ0) is 12.6. The van der Waals surface area contributed by atoms with Crippen LogP contribution in [0.3, 0.4) is 0 Å². The van der Waals surface area contributed by atoms with Gasteiger partial charge in [0.1, 0.15) is 5.82 Å². The minimum Gasteiger partial charge on any atom is -0.305 e. The molecule has 1 aromatic rings. The molecule has 0 aliphatic carbocycles. The molecule has 0 saturated carbocycles. The number of rotatable bonds is 2. The highest BCUT2D eigenvalue weighted by atomic mass is 35.5. The number of hydrogen-bond donors (Lipinski definition) is 0. The van der Waals surface area contributed by atoms with Crippen molar-refractivity contribution in [3.05, 3.63) is 34.6 Å². The van der Waals surface area contributed by atoms with Crippen LogP contribution in [-0.4, -0.2) is 25.0 Å². The van der Waals surface area contributed by atoms with E-state index in [2.05, 4.69) is 25.8 Å². The second-order valence-electron chi connectivity index (χ2n) is 5.41. The largest absolute Gasteiger partial charge is 0.305 e. The highest BCUT2D eigenvalue weighted by Gasteiger charge is 2.34. The SMILES string of the molecule is CC(C)C1CN(C)C[C@H]1c1ccc(Cl)c(F)c1. The van der Waals surface area contributed by atoms with Crippen molar-refractivity contribution in [1.82, 2.24) is 4.90 Å². The summed E-state index contributed by atoms with van der Waals surface area (Å²) in [5.74, 6) is 1.33. The van der Waals surface area contributed by atoms with E-state index in [0.717, 1.165) is 18.7 Å². The van der Waals surface area contributed by atoms with Crippen molar-refractivity contribution in [3.8, 4) is 0 Å². The van der Waals surface area contributed by atoms with Crippen molar-refractivity contribution in [3.63, 3.8) is 0 Å². The predicted molar refractivity (Wildman–Crippen MR) is 70.0 cm³/mol. The Bertz CT molecular complexity index is 405.